The van der Waals surface area contributed by atoms with Crippen molar-refractivity contribution in [1.29, 1.82) is 5.26 Å². The van der Waals surface area contributed by atoms with E-state index in [4.69, 9.17) is 21.6 Å². The van der Waals surface area contributed by atoms with Gasteiger partial charge in [-0.05, 0) is 12.8 Å². The van der Waals surface area contributed by atoms with Crippen LogP contribution in [-0.2, 0) is 9.53 Å². The molecule has 0 aliphatic heterocycles. The van der Waals surface area contributed by atoms with Crippen molar-refractivity contribution in [3.8, 4) is 6.07 Å². The molecule has 0 rings (SSSR count). The minimum Gasteiger partial charge on any atom is -0.465 e. The predicted molar refractivity (Wildman–Crippen MR) is 59.5 cm³/mol. The molecule has 0 N–H and O–H groups in total. The number of halogens is 1. The number of nitrogens with zero attached hydrogens (tertiary/aromatic N) is 1. The van der Waals surface area contributed by atoms with E-state index in [-0.39, 0.29) is 18.3 Å². The van der Waals surface area contributed by atoms with Crippen LogP contribution in [0.1, 0.15) is 39.0 Å². The molecule has 0 saturated heterocycles. The topological polar surface area (TPSA) is 50.1 Å². The lowest BCUT2D eigenvalue weighted by molar-refractivity contribution is -0.147. The Morgan fingerprint density at radius 2 is 2.07 bits per heavy atom. The summed E-state index contributed by atoms with van der Waals surface area (Å²) < 4.78 is 5.01. The van der Waals surface area contributed by atoms with Crippen LogP contribution in [0.15, 0.2) is 0 Å². The highest BCUT2D eigenvalue weighted by molar-refractivity contribution is 6.17. The zero-order valence-corrected chi connectivity index (χ0v) is 9.92. The minimum atomic E-state index is -0.308. The smallest absolute Gasteiger partial charge is 0.309 e. The highest BCUT2D eigenvalue weighted by Gasteiger charge is 2.13. The first-order valence-corrected chi connectivity index (χ1v) is 5.85. The quantitative estimate of drug-likeness (QED) is 0.367. The number of hydrogen-bond acceptors (Lipinski definition) is 3. The second kappa shape index (κ2) is 9.79. The number of unbranched alkanes of at least 4 members (excludes halogenated alkanes) is 3. The summed E-state index contributed by atoms with van der Waals surface area (Å²) in [4.78, 5) is 11.2. The van der Waals surface area contributed by atoms with Gasteiger partial charge in [0.05, 0.1) is 18.6 Å². The Balaban J connectivity index is 3.35. The molecule has 0 spiro atoms. The zero-order chi connectivity index (χ0) is 11.5. The van der Waals surface area contributed by atoms with Crippen LogP contribution < -0.4 is 0 Å². The van der Waals surface area contributed by atoms with Gasteiger partial charge < -0.3 is 4.74 Å². The molecule has 86 valence electrons. The maximum absolute atomic E-state index is 11.2. The third-order valence-electron chi connectivity index (χ3n) is 2.07. The molecular formula is C11H18ClNO2. The van der Waals surface area contributed by atoms with E-state index in [2.05, 4.69) is 0 Å². The summed E-state index contributed by atoms with van der Waals surface area (Å²) in [6.07, 6.45) is 4.23. The average Bonchev–Trinajstić information content (AvgIpc) is 2.23. The Morgan fingerprint density at radius 1 is 1.40 bits per heavy atom. The summed E-state index contributed by atoms with van der Waals surface area (Å²) in [6.45, 7) is 2.16. The van der Waals surface area contributed by atoms with Gasteiger partial charge in [-0.25, -0.2) is 0 Å². The Labute approximate surface area is 96.4 Å². The molecule has 0 amide bonds. The summed E-state index contributed by atoms with van der Waals surface area (Å²) in [5.41, 5.74) is 0. The van der Waals surface area contributed by atoms with Crippen molar-refractivity contribution in [3.05, 3.63) is 0 Å². The second-order valence-corrected chi connectivity index (χ2v) is 3.91. The number of ether oxygens (including phenoxy) is 1. The number of nitriles is 1. The van der Waals surface area contributed by atoms with Crippen molar-refractivity contribution in [2.45, 2.75) is 39.0 Å². The lowest BCUT2D eigenvalue weighted by Crippen LogP contribution is -2.14. The number of carbonyl (C=O) groups excluding carboxylic acids is 1. The molecule has 0 aromatic heterocycles. The molecule has 0 aliphatic rings. The van der Waals surface area contributed by atoms with Crippen LogP contribution in [0.3, 0.4) is 0 Å². The molecule has 0 saturated carbocycles. The van der Waals surface area contributed by atoms with Gasteiger partial charge in [-0.1, -0.05) is 19.8 Å². The number of alkyl halides is 1. The molecule has 1 unspecified atom stereocenters. The van der Waals surface area contributed by atoms with Gasteiger partial charge in [0.2, 0.25) is 0 Å². The van der Waals surface area contributed by atoms with E-state index in [0.717, 1.165) is 25.7 Å². The first-order chi connectivity index (χ1) is 7.22. The van der Waals surface area contributed by atoms with E-state index in [0.29, 0.717) is 12.5 Å². The van der Waals surface area contributed by atoms with Crippen LogP contribution in [0.2, 0.25) is 0 Å². The molecule has 1 atom stereocenters. The van der Waals surface area contributed by atoms with Gasteiger partial charge in [0.25, 0.3) is 0 Å². The first-order valence-electron chi connectivity index (χ1n) is 5.32. The highest BCUT2D eigenvalue weighted by atomic mass is 35.5. The normalized spacial score (nSPS) is 11.8. The SMILES string of the molecule is CC(CC#N)C(=O)OCCCCCCCl. The first kappa shape index (κ1) is 14.2. The summed E-state index contributed by atoms with van der Waals surface area (Å²) in [7, 11) is 0. The Bertz CT molecular complexity index is 213. The van der Waals surface area contributed by atoms with Crippen LogP contribution in [0.5, 0.6) is 0 Å². The van der Waals surface area contributed by atoms with E-state index in [9.17, 15) is 4.79 Å². The van der Waals surface area contributed by atoms with Crippen molar-refractivity contribution >= 4 is 17.6 Å². The number of hydrogen-bond donors (Lipinski definition) is 0. The van der Waals surface area contributed by atoms with Crippen molar-refractivity contribution in [2.24, 2.45) is 5.92 Å². The molecule has 0 aromatic rings. The van der Waals surface area contributed by atoms with Crippen molar-refractivity contribution in [2.75, 3.05) is 12.5 Å². The summed E-state index contributed by atoms with van der Waals surface area (Å²) in [6, 6.07) is 1.95. The average molecular weight is 232 g/mol. The molecule has 0 heterocycles. The van der Waals surface area contributed by atoms with E-state index < -0.39 is 0 Å². The van der Waals surface area contributed by atoms with Gasteiger partial charge in [-0.2, -0.15) is 5.26 Å². The lowest BCUT2D eigenvalue weighted by Gasteiger charge is -2.07. The molecule has 0 bridgehead atoms. The fourth-order valence-corrected chi connectivity index (χ4v) is 1.27. The molecule has 3 nitrogen and oxygen atoms in total. The second-order valence-electron chi connectivity index (χ2n) is 3.53. The van der Waals surface area contributed by atoms with Crippen molar-refractivity contribution in [3.63, 3.8) is 0 Å². The molecule has 15 heavy (non-hydrogen) atoms. The van der Waals surface area contributed by atoms with Gasteiger partial charge in [0.15, 0.2) is 0 Å². The van der Waals surface area contributed by atoms with Crippen molar-refractivity contribution in [1.82, 2.24) is 0 Å². The summed E-state index contributed by atoms with van der Waals surface area (Å²) >= 11 is 5.53. The van der Waals surface area contributed by atoms with Crippen LogP contribution in [0, 0.1) is 17.2 Å². The third kappa shape index (κ3) is 8.26. The maximum atomic E-state index is 11.2. The van der Waals surface area contributed by atoms with Gasteiger partial charge >= 0.3 is 5.97 Å². The zero-order valence-electron chi connectivity index (χ0n) is 9.17. The summed E-state index contributed by atoms with van der Waals surface area (Å²) in [5.74, 6) is 0.116. The van der Waals surface area contributed by atoms with E-state index in [1.807, 2.05) is 6.07 Å². The Hall–Kier alpha value is -0.750. The van der Waals surface area contributed by atoms with E-state index in [1.165, 1.54) is 0 Å². The van der Waals surface area contributed by atoms with E-state index >= 15 is 0 Å². The Kier molecular flexibility index (Phi) is 9.30. The van der Waals surface area contributed by atoms with Crippen LogP contribution >= 0.6 is 11.6 Å². The van der Waals surface area contributed by atoms with E-state index in [1.54, 1.807) is 6.92 Å². The minimum absolute atomic E-state index is 0.227. The highest BCUT2D eigenvalue weighted by Crippen LogP contribution is 2.05. The standard InChI is InChI=1S/C11H18ClNO2/c1-10(6-8-13)11(14)15-9-5-3-2-4-7-12/h10H,2-7,9H2,1H3. The van der Waals surface area contributed by atoms with Crippen LogP contribution in [-0.4, -0.2) is 18.5 Å². The molecule has 0 aliphatic carbocycles. The van der Waals surface area contributed by atoms with Crippen LogP contribution in [0.25, 0.3) is 0 Å². The maximum Gasteiger partial charge on any atom is 0.309 e. The number of esters is 1. The Morgan fingerprint density at radius 3 is 2.67 bits per heavy atom. The number of rotatable bonds is 8. The van der Waals surface area contributed by atoms with Gasteiger partial charge in [-0.15, -0.1) is 11.6 Å². The fraction of sp³-hybridized carbons (Fsp3) is 0.818. The van der Waals surface area contributed by atoms with Gasteiger partial charge in [0, 0.05) is 12.3 Å². The van der Waals surface area contributed by atoms with Gasteiger partial charge in [0.1, 0.15) is 0 Å². The fourth-order valence-electron chi connectivity index (χ4n) is 1.09. The third-order valence-corrected chi connectivity index (χ3v) is 2.34. The van der Waals surface area contributed by atoms with Crippen molar-refractivity contribution < 1.29 is 9.53 Å². The molecule has 4 heteroatoms. The largest absolute Gasteiger partial charge is 0.465 e. The van der Waals surface area contributed by atoms with Gasteiger partial charge in [-0.3, -0.25) is 4.79 Å². The monoisotopic (exact) mass is 231 g/mol. The molecule has 0 fully saturated rings. The summed E-state index contributed by atoms with van der Waals surface area (Å²) in [5, 5.41) is 8.38. The molecular weight excluding hydrogens is 214 g/mol. The number of carbonyl (C=O) groups is 1. The molecule has 0 radical (unpaired) electrons. The molecule has 0 aromatic carbocycles. The predicted octanol–water partition coefficient (Wildman–Crippen LogP) is 2.88. The lowest BCUT2D eigenvalue weighted by atomic mass is 10.1. The van der Waals surface area contributed by atoms with Crippen LogP contribution in [0.4, 0.5) is 0 Å².